The lowest BCUT2D eigenvalue weighted by molar-refractivity contribution is -0.137. The molecule has 3 fully saturated rings. The largest absolute Gasteiger partial charge is 0.420 e. The summed E-state index contributed by atoms with van der Waals surface area (Å²) in [6.45, 7) is 6.52. The van der Waals surface area contributed by atoms with Gasteiger partial charge in [0.1, 0.15) is 10.4 Å². The molecular formula is C29H31F3N6O2S2. The number of anilines is 3. The van der Waals surface area contributed by atoms with Crippen molar-refractivity contribution in [3.63, 3.8) is 0 Å². The van der Waals surface area contributed by atoms with Crippen LogP contribution in [0, 0.1) is 0 Å². The van der Waals surface area contributed by atoms with E-state index in [-0.39, 0.29) is 23.6 Å². The second kappa shape index (κ2) is 11.0. The molecule has 0 unspecified atom stereocenters. The molecule has 5 heterocycles. The fourth-order valence-corrected chi connectivity index (χ4v) is 8.06. The SMILES string of the molecule is C[C@@H]1CNCCN1c1ccc(Nc2ncc(C(F)(F)F)c(-c3cc4c(s3)C(=O)N(C3COC3)CCS4)n2)c(C2CC2)c1. The summed E-state index contributed by atoms with van der Waals surface area (Å²) in [4.78, 5) is 27.5. The van der Waals surface area contributed by atoms with E-state index in [1.54, 1.807) is 11.0 Å². The zero-order valence-corrected chi connectivity index (χ0v) is 24.7. The average Bonchev–Trinajstić information content (AvgIpc) is 3.72. The number of carbonyl (C=O) groups is 1. The number of piperazine rings is 1. The van der Waals surface area contributed by atoms with Crippen LogP contribution in [0.4, 0.5) is 30.5 Å². The molecule has 0 bridgehead atoms. The highest BCUT2D eigenvalue weighted by molar-refractivity contribution is 7.99. The fraction of sp³-hybridized carbons (Fsp3) is 0.483. The van der Waals surface area contributed by atoms with Crippen molar-refractivity contribution in [1.82, 2.24) is 20.2 Å². The summed E-state index contributed by atoms with van der Waals surface area (Å²) >= 11 is 2.55. The van der Waals surface area contributed by atoms with Crippen LogP contribution in [0.2, 0.25) is 0 Å². The number of ether oxygens (including phenoxy) is 1. The maximum Gasteiger partial charge on any atom is 0.420 e. The molecular weight excluding hydrogens is 585 g/mol. The molecule has 2 saturated heterocycles. The summed E-state index contributed by atoms with van der Waals surface area (Å²) in [5.74, 6) is 1.01. The van der Waals surface area contributed by atoms with Crippen molar-refractivity contribution in [3.8, 4) is 10.6 Å². The topological polar surface area (TPSA) is 82.6 Å². The summed E-state index contributed by atoms with van der Waals surface area (Å²) in [5.41, 5.74) is 1.95. The smallest absolute Gasteiger partial charge is 0.377 e. The Balaban J connectivity index is 1.22. The maximum absolute atomic E-state index is 14.2. The van der Waals surface area contributed by atoms with E-state index in [0.29, 0.717) is 52.1 Å². The molecule has 2 N–H and O–H groups in total. The lowest BCUT2D eigenvalue weighted by atomic mass is 10.1. The van der Waals surface area contributed by atoms with Gasteiger partial charge < -0.3 is 25.2 Å². The van der Waals surface area contributed by atoms with Gasteiger partial charge >= 0.3 is 6.18 Å². The second-order valence-corrected chi connectivity index (χ2v) is 13.4. The standard InChI is InChI=1S/C29H31F3N6O2S2/c1-16-12-33-6-7-37(16)18-4-5-22(20(10-18)17-2-3-17)35-28-34-13-21(29(30,31)32)25(36-28)23-11-24-26(42-23)27(39)38(8-9-41-24)19-14-40-15-19/h4-5,10-11,13,16-17,19,33H,2-3,6-9,12,14-15H2,1H3,(H,34,35,36)/t16-/m1/s1. The second-order valence-electron chi connectivity index (χ2n) is 11.2. The number of aromatic nitrogens is 2. The molecule has 1 atom stereocenters. The summed E-state index contributed by atoms with van der Waals surface area (Å²) < 4.78 is 47.8. The first-order valence-electron chi connectivity index (χ1n) is 14.2. The van der Waals surface area contributed by atoms with Crippen molar-refractivity contribution in [3.05, 3.63) is 46.5 Å². The van der Waals surface area contributed by atoms with E-state index in [1.807, 2.05) is 6.07 Å². The van der Waals surface area contributed by atoms with Gasteiger partial charge in [0.25, 0.3) is 5.91 Å². The van der Waals surface area contributed by atoms with Crippen LogP contribution in [-0.4, -0.2) is 78.0 Å². The molecule has 0 radical (unpaired) electrons. The zero-order chi connectivity index (χ0) is 29.0. The average molecular weight is 617 g/mol. The molecule has 4 aliphatic rings. The van der Waals surface area contributed by atoms with E-state index in [9.17, 15) is 18.0 Å². The molecule has 1 saturated carbocycles. The Morgan fingerprint density at radius 2 is 1.98 bits per heavy atom. The van der Waals surface area contributed by atoms with Crippen molar-refractivity contribution in [2.45, 2.75) is 48.8 Å². The number of nitrogens with zero attached hydrogens (tertiary/aromatic N) is 4. The zero-order valence-electron chi connectivity index (χ0n) is 23.0. The Bertz CT molecular complexity index is 1510. The lowest BCUT2D eigenvalue weighted by Gasteiger charge is -2.36. The minimum atomic E-state index is -4.65. The van der Waals surface area contributed by atoms with E-state index in [0.717, 1.165) is 66.9 Å². The Kier molecular flexibility index (Phi) is 7.32. The predicted molar refractivity (Wildman–Crippen MR) is 158 cm³/mol. The van der Waals surface area contributed by atoms with Gasteiger partial charge in [-0.1, -0.05) is 0 Å². The van der Waals surface area contributed by atoms with Crippen molar-refractivity contribution in [1.29, 1.82) is 0 Å². The van der Waals surface area contributed by atoms with Crippen LogP contribution in [0.3, 0.4) is 0 Å². The predicted octanol–water partition coefficient (Wildman–Crippen LogP) is 5.59. The van der Waals surface area contributed by atoms with Gasteiger partial charge in [-0.2, -0.15) is 13.2 Å². The molecule has 222 valence electrons. The highest BCUT2D eigenvalue weighted by Crippen LogP contribution is 2.46. The van der Waals surface area contributed by atoms with E-state index >= 15 is 0 Å². The number of hydrogen-bond acceptors (Lipinski definition) is 9. The minimum Gasteiger partial charge on any atom is -0.377 e. The fourth-order valence-electron chi connectivity index (χ4n) is 5.74. The van der Waals surface area contributed by atoms with Crippen molar-refractivity contribution in [2.75, 3.05) is 55.4 Å². The number of benzene rings is 1. The van der Waals surface area contributed by atoms with Gasteiger partial charge in [0, 0.05) is 60.4 Å². The number of hydrogen-bond donors (Lipinski definition) is 2. The van der Waals surface area contributed by atoms with E-state index in [2.05, 4.69) is 44.6 Å². The molecule has 1 aromatic carbocycles. The first kappa shape index (κ1) is 27.9. The Labute approximate surface area is 250 Å². The number of rotatable bonds is 6. The Morgan fingerprint density at radius 1 is 1.14 bits per heavy atom. The normalized spacial score (nSPS) is 21.6. The monoisotopic (exact) mass is 616 g/mol. The van der Waals surface area contributed by atoms with Crippen LogP contribution in [-0.2, 0) is 10.9 Å². The quantitative estimate of drug-likeness (QED) is 0.371. The number of fused-ring (bicyclic) bond motifs is 1. The van der Waals surface area contributed by atoms with Crippen molar-refractivity contribution < 1.29 is 22.7 Å². The summed E-state index contributed by atoms with van der Waals surface area (Å²) in [7, 11) is 0. The molecule has 13 heteroatoms. The van der Waals surface area contributed by atoms with Gasteiger partial charge in [0.15, 0.2) is 0 Å². The highest BCUT2D eigenvalue weighted by Gasteiger charge is 2.38. The summed E-state index contributed by atoms with van der Waals surface area (Å²) in [5, 5.41) is 6.65. The lowest BCUT2D eigenvalue weighted by Crippen LogP contribution is -2.52. The molecule has 7 rings (SSSR count). The molecule has 3 aliphatic heterocycles. The number of nitrogens with one attached hydrogen (secondary N) is 2. The van der Waals surface area contributed by atoms with E-state index < -0.39 is 11.7 Å². The molecule has 2 aromatic heterocycles. The number of thioether (sulfide) groups is 1. The highest BCUT2D eigenvalue weighted by atomic mass is 32.2. The molecule has 1 aliphatic carbocycles. The van der Waals surface area contributed by atoms with Gasteiger partial charge in [-0.15, -0.1) is 23.1 Å². The van der Waals surface area contributed by atoms with Gasteiger partial charge in [-0.3, -0.25) is 4.79 Å². The Morgan fingerprint density at radius 3 is 2.69 bits per heavy atom. The number of carbonyl (C=O) groups excluding carboxylic acids is 1. The third-order valence-corrected chi connectivity index (χ3v) is 10.5. The van der Waals surface area contributed by atoms with Gasteiger partial charge in [0.05, 0.1) is 29.8 Å². The van der Waals surface area contributed by atoms with Crippen molar-refractivity contribution in [2.24, 2.45) is 0 Å². The Hall–Kier alpha value is -2.87. The number of halogens is 3. The summed E-state index contributed by atoms with van der Waals surface area (Å²) in [6, 6.07) is 8.29. The van der Waals surface area contributed by atoms with E-state index in [1.165, 1.54) is 11.8 Å². The molecule has 1 amide bonds. The van der Waals surface area contributed by atoms with Crippen molar-refractivity contribution >= 4 is 46.3 Å². The third kappa shape index (κ3) is 5.36. The maximum atomic E-state index is 14.2. The number of alkyl halides is 3. The number of thiophene rings is 1. The van der Waals surface area contributed by atoms with Crippen LogP contribution < -0.4 is 15.5 Å². The van der Waals surface area contributed by atoms with Crippen LogP contribution in [0.25, 0.3) is 10.6 Å². The molecule has 3 aromatic rings. The first-order valence-corrected chi connectivity index (χ1v) is 16.0. The first-order chi connectivity index (χ1) is 20.3. The van der Waals surface area contributed by atoms with E-state index in [4.69, 9.17) is 4.74 Å². The van der Waals surface area contributed by atoms with Gasteiger partial charge in [-0.25, -0.2) is 9.97 Å². The van der Waals surface area contributed by atoms with Crippen LogP contribution in [0.5, 0.6) is 0 Å². The third-order valence-electron chi connectivity index (χ3n) is 8.26. The van der Waals surface area contributed by atoms with Gasteiger partial charge in [-0.05, 0) is 55.5 Å². The van der Waals surface area contributed by atoms with Crippen LogP contribution in [0.1, 0.15) is 46.5 Å². The number of amides is 1. The molecule has 0 spiro atoms. The minimum absolute atomic E-state index is 0.0111. The van der Waals surface area contributed by atoms with Crippen LogP contribution in [0.15, 0.2) is 35.4 Å². The van der Waals surface area contributed by atoms with Gasteiger partial charge in [0.2, 0.25) is 5.95 Å². The molecule has 8 nitrogen and oxygen atoms in total. The van der Waals surface area contributed by atoms with Crippen LogP contribution >= 0.6 is 23.1 Å². The summed E-state index contributed by atoms with van der Waals surface area (Å²) in [6.07, 6.45) is -1.66. The molecule has 42 heavy (non-hydrogen) atoms.